The average Bonchev–Trinajstić information content (AvgIpc) is 2.68. The molecule has 1 nitrogen and oxygen atoms in total. The van der Waals surface area contributed by atoms with Gasteiger partial charge in [0.25, 0.3) is 0 Å². The lowest BCUT2D eigenvalue weighted by molar-refractivity contribution is -0.137. The molecule has 1 heterocycles. The molecular weight excluding hydrogens is 271 g/mol. The lowest BCUT2D eigenvalue weighted by atomic mass is 10.1. The van der Waals surface area contributed by atoms with Gasteiger partial charge in [-0.15, -0.1) is 11.3 Å². The van der Waals surface area contributed by atoms with E-state index in [0.717, 1.165) is 35.0 Å². The van der Waals surface area contributed by atoms with Crippen LogP contribution in [0.15, 0.2) is 24.3 Å². The summed E-state index contributed by atoms with van der Waals surface area (Å²) in [5.41, 5.74) is -0.572. The highest BCUT2D eigenvalue weighted by Gasteiger charge is 2.30. The maximum atomic E-state index is 12.6. The molecule has 0 saturated heterocycles. The van der Waals surface area contributed by atoms with Gasteiger partial charge in [0.05, 0.1) is 5.56 Å². The fourth-order valence-corrected chi connectivity index (χ4v) is 3.05. The molecule has 2 aromatic rings. The predicted molar refractivity (Wildman–Crippen MR) is 73.7 cm³/mol. The third-order valence-electron chi connectivity index (χ3n) is 2.92. The molecule has 0 aliphatic carbocycles. The van der Waals surface area contributed by atoms with Crippen molar-refractivity contribution in [3.63, 3.8) is 0 Å². The summed E-state index contributed by atoms with van der Waals surface area (Å²) in [6, 6.07) is 5.84. The highest BCUT2D eigenvalue weighted by molar-refractivity contribution is 7.19. The second-order valence-electron chi connectivity index (χ2n) is 4.87. The van der Waals surface area contributed by atoms with Gasteiger partial charge in [-0.3, -0.25) is 0 Å². The zero-order valence-corrected chi connectivity index (χ0v) is 11.7. The molecule has 104 valence electrons. The molecule has 0 unspecified atom stereocenters. The van der Waals surface area contributed by atoms with Crippen LogP contribution in [0.25, 0.3) is 10.1 Å². The first-order chi connectivity index (χ1) is 8.86. The number of benzene rings is 1. The van der Waals surface area contributed by atoms with Gasteiger partial charge in [0.1, 0.15) is 0 Å². The van der Waals surface area contributed by atoms with Crippen LogP contribution in [0.1, 0.15) is 16.9 Å². The van der Waals surface area contributed by atoms with E-state index in [0.29, 0.717) is 5.39 Å². The minimum Gasteiger partial charge on any atom is -0.309 e. The Morgan fingerprint density at radius 3 is 2.53 bits per heavy atom. The van der Waals surface area contributed by atoms with Crippen molar-refractivity contribution in [3.05, 3.63) is 34.7 Å². The summed E-state index contributed by atoms with van der Waals surface area (Å²) >= 11 is 1.58. The Morgan fingerprint density at radius 2 is 1.89 bits per heavy atom. The fraction of sp³-hybridized carbons (Fsp3) is 0.429. The summed E-state index contributed by atoms with van der Waals surface area (Å²) in [6.45, 7) is 0.988. The van der Waals surface area contributed by atoms with Crippen LogP contribution in [0, 0.1) is 0 Å². The molecule has 0 fully saturated rings. The van der Waals surface area contributed by atoms with Crippen molar-refractivity contribution in [2.45, 2.75) is 19.0 Å². The molecule has 2 rings (SSSR count). The van der Waals surface area contributed by atoms with Crippen LogP contribution in [0.2, 0.25) is 0 Å². The van der Waals surface area contributed by atoms with Crippen molar-refractivity contribution in [3.8, 4) is 0 Å². The maximum Gasteiger partial charge on any atom is 0.416 e. The molecular formula is C14H16F3NS. The van der Waals surface area contributed by atoms with E-state index in [-0.39, 0.29) is 0 Å². The number of nitrogens with zero attached hydrogens (tertiary/aromatic N) is 1. The van der Waals surface area contributed by atoms with Crippen molar-refractivity contribution in [1.82, 2.24) is 4.90 Å². The average molecular weight is 287 g/mol. The molecule has 0 radical (unpaired) electrons. The lowest BCUT2D eigenvalue weighted by Gasteiger charge is -2.07. The zero-order chi connectivity index (χ0) is 14.0. The summed E-state index contributed by atoms with van der Waals surface area (Å²) in [6.07, 6.45) is -2.33. The molecule has 19 heavy (non-hydrogen) atoms. The third-order valence-corrected chi connectivity index (χ3v) is 4.10. The summed E-state index contributed by atoms with van der Waals surface area (Å²) in [5, 5.41) is 0.694. The van der Waals surface area contributed by atoms with E-state index in [1.807, 2.05) is 20.2 Å². The van der Waals surface area contributed by atoms with Crippen LogP contribution in [-0.4, -0.2) is 25.5 Å². The number of hydrogen-bond donors (Lipinski definition) is 0. The van der Waals surface area contributed by atoms with Crippen molar-refractivity contribution in [2.24, 2.45) is 0 Å². The van der Waals surface area contributed by atoms with E-state index >= 15 is 0 Å². The maximum absolute atomic E-state index is 12.6. The number of halogens is 3. The van der Waals surface area contributed by atoms with Gasteiger partial charge in [0.2, 0.25) is 0 Å². The van der Waals surface area contributed by atoms with Gasteiger partial charge in [-0.25, -0.2) is 0 Å². The molecule has 0 spiro atoms. The minimum absolute atomic E-state index is 0.572. The number of alkyl halides is 3. The predicted octanol–water partition coefficient (Wildman–Crippen LogP) is 4.41. The molecule has 0 bridgehead atoms. The Kier molecular flexibility index (Phi) is 4.16. The largest absolute Gasteiger partial charge is 0.416 e. The number of fused-ring (bicyclic) bond motifs is 1. The molecule has 1 aromatic carbocycles. The fourth-order valence-electron chi connectivity index (χ4n) is 1.97. The summed E-state index contributed by atoms with van der Waals surface area (Å²) in [4.78, 5) is 3.26. The van der Waals surface area contributed by atoms with Crippen LogP contribution in [0.4, 0.5) is 13.2 Å². The molecule has 0 aliphatic heterocycles. The molecule has 0 aliphatic rings. The van der Waals surface area contributed by atoms with E-state index in [4.69, 9.17) is 0 Å². The standard InChI is InChI=1S/C14H16F3NS/c1-18(2)7-3-4-12-9-10-8-11(14(15,16)17)5-6-13(10)19-12/h5-6,8-9H,3-4,7H2,1-2H3. The molecule has 5 heteroatoms. The Hall–Kier alpha value is -1.07. The minimum atomic E-state index is -4.26. The summed E-state index contributed by atoms with van der Waals surface area (Å²) < 4.78 is 38.8. The summed E-state index contributed by atoms with van der Waals surface area (Å²) in [7, 11) is 4.03. The van der Waals surface area contributed by atoms with Crippen molar-refractivity contribution >= 4 is 21.4 Å². The van der Waals surface area contributed by atoms with Gasteiger partial charge in [-0.1, -0.05) is 0 Å². The van der Waals surface area contributed by atoms with Crippen LogP contribution in [0.5, 0.6) is 0 Å². The zero-order valence-electron chi connectivity index (χ0n) is 10.9. The number of rotatable bonds is 4. The second kappa shape index (κ2) is 5.51. The number of thiophene rings is 1. The van der Waals surface area contributed by atoms with E-state index in [9.17, 15) is 13.2 Å². The molecule has 0 amide bonds. The SMILES string of the molecule is CN(C)CCCc1cc2cc(C(F)(F)F)ccc2s1. The van der Waals surface area contributed by atoms with Crippen molar-refractivity contribution in [2.75, 3.05) is 20.6 Å². The second-order valence-corrected chi connectivity index (χ2v) is 6.04. The van der Waals surface area contributed by atoms with Crippen molar-refractivity contribution < 1.29 is 13.2 Å². The molecule has 0 saturated carbocycles. The normalized spacial score (nSPS) is 12.5. The van der Waals surface area contributed by atoms with Crippen LogP contribution >= 0.6 is 11.3 Å². The van der Waals surface area contributed by atoms with E-state index in [1.165, 1.54) is 6.07 Å². The highest BCUT2D eigenvalue weighted by atomic mass is 32.1. The van der Waals surface area contributed by atoms with E-state index in [2.05, 4.69) is 4.90 Å². The summed E-state index contributed by atoms with van der Waals surface area (Å²) in [5.74, 6) is 0. The number of aryl methyl sites for hydroxylation is 1. The Balaban J connectivity index is 2.16. The first kappa shape index (κ1) is 14.3. The Morgan fingerprint density at radius 1 is 1.16 bits per heavy atom. The quantitative estimate of drug-likeness (QED) is 0.805. The highest BCUT2D eigenvalue weighted by Crippen LogP contribution is 2.34. The number of hydrogen-bond acceptors (Lipinski definition) is 2. The smallest absolute Gasteiger partial charge is 0.309 e. The van der Waals surface area contributed by atoms with E-state index < -0.39 is 11.7 Å². The first-order valence-electron chi connectivity index (χ1n) is 6.10. The van der Waals surface area contributed by atoms with Gasteiger partial charge in [-0.2, -0.15) is 13.2 Å². The first-order valence-corrected chi connectivity index (χ1v) is 6.92. The molecule has 0 N–H and O–H groups in total. The van der Waals surface area contributed by atoms with Crippen LogP contribution in [-0.2, 0) is 12.6 Å². The van der Waals surface area contributed by atoms with Gasteiger partial charge in [-0.05, 0) is 63.1 Å². The lowest BCUT2D eigenvalue weighted by Crippen LogP contribution is -2.13. The van der Waals surface area contributed by atoms with Gasteiger partial charge >= 0.3 is 6.18 Å². The topological polar surface area (TPSA) is 3.24 Å². The van der Waals surface area contributed by atoms with Crippen LogP contribution in [0.3, 0.4) is 0 Å². The molecule has 1 aromatic heterocycles. The van der Waals surface area contributed by atoms with Crippen LogP contribution < -0.4 is 0 Å². The van der Waals surface area contributed by atoms with E-state index in [1.54, 1.807) is 17.4 Å². The monoisotopic (exact) mass is 287 g/mol. The Bertz CT molecular complexity index is 557. The van der Waals surface area contributed by atoms with Gasteiger partial charge in [0.15, 0.2) is 0 Å². The molecule has 0 atom stereocenters. The Labute approximate surface area is 114 Å². The van der Waals surface area contributed by atoms with Gasteiger partial charge < -0.3 is 4.90 Å². The van der Waals surface area contributed by atoms with Crippen molar-refractivity contribution in [1.29, 1.82) is 0 Å². The van der Waals surface area contributed by atoms with Gasteiger partial charge in [0, 0.05) is 9.58 Å². The third kappa shape index (κ3) is 3.70.